The summed E-state index contributed by atoms with van der Waals surface area (Å²) in [5.41, 5.74) is 4.61. The summed E-state index contributed by atoms with van der Waals surface area (Å²) in [4.78, 5) is 18.6. The zero-order valence-corrected chi connectivity index (χ0v) is 23.1. The predicted molar refractivity (Wildman–Crippen MR) is 153 cm³/mol. The summed E-state index contributed by atoms with van der Waals surface area (Å²) < 4.78 is 33.3. The molecule has 0 aliphatic carbocycles. The van der Waals surface area contributed by atoms with Crippen molar-refractivity contribution >= 4 is 33.2 Å². The zero-order valence-electron chi connectivity index (χ0n) is 21.4. The fourth-order valence-corrected chi connectivity index (χ4v) is 5.72. The van der Waals surface area contributed by atoms with Crippen molar-refractivity contribution in [2.24, 2.45) is 0 Å². The van der Waals surface area contributed by atoms with E-state index in [4.69, 9.17) is 9.54 Å². The van der Waals surface area contributed by atoms with Gasteiger partial charge in [-0.15, -0.1) is 11.3 Å². The second-order valence-electron chi connectivity index (χ2n) is 9.22. The Labute approximate surface area is 232 Å². The van der Waals surface area contributed by atoms with Crippen LogP contribution in [0.25, 0.3) is 0 Å². The number of amides is 1. The normalized spacial score (nSPS) is 13.0. The van der Waals surface area contributed by atoms with E-state index in [-0.39, 0.29) is 18.2 Å². The van der Waals surface area contributed by atoms with Crippen LogP contribution in [0.5, 0.6) is 0 Å². The van der Waals surface area contributed by atoms with Gasteiger partial charge in [0.2, 0.25) is 5.91 Å². The van der Waals surface area contributed by atoms with E-state index in [1.54, 1.807) is 24.3 Å². The Morgan fingerprint density at radius 3 is 2.28 bits per heavy atom. The minimum absolute atomic E-state index is 0.114. The molecule has 204 valence electrons. The highest BCUT2D eigenvalue weighted by molar-refractivity contribution is 7.87. The van der Waals surface area contributed by atoms with E-state index in [9.17, 15) is 18.3 Å². The average Bonchev–Trinajstić information content (AvgIpc) is 3.41. The van der Waals surface area contributed by atoms with Gasteiger partial charge in [-0.25, -0.2) is 4.98 Å². The number of nitrogens with one attached hydrogen (secondary N) is 2. The standard InChI is InChI=1S/C29H31N3O5S2/c1-2-24-19-38-29(30-24)27(17-21-11-13-25(14-12-21)32-39(35,36)37)31-28(34)26(16-20-7-4-3-5-8-20)23-10-6-9-22(15-23)18-33/h3-15,19,26-27,32-33H,2,16-18H2,1H3,(H,31,34)(H,35,36,37)/t26?,27-/m0/s1. The minimum Gasteiger partial charge on any atom is -0.392 e. The van der Waals surface area contributed by atoms with Gasteiger partial charge in [0.1, 0.15) is 5.01 Å². The molecule has 0 saturated heterocycles. The highest BCUT2D eigenvalue weighted by atomic mass is 32.2. The van der Waals surface area contributed by atoms with Crippen LogP contribution in [0.15, 0.2) is 84.2 Å². The highest BCUT2D eigenvalue weighted by Crippen LogP contribution is 2.28. The van der Waals surface area contributed by atoms with E-state index in [1.165, 1.54) is 11.3 Å². The van der Waals surface area contributed by atoms with Crippen molar-refractivity contribution < 1.29 is 22.9 Å². The minimum atomic E-state index is -4.37. The first-order chi connectivity index (χ1) is 18.7. The first kappa shape index (κ1) is 28.4. The van der Waals surface area contributed by atoms with Gasteiger partial charge < -0.3 is 10.4 Å². The Morgan fingerprint density at radius 2 is 1.64 bits per heavy atom. The second-order valence-corrected chi connectivity index (χ2v) is 11.3. The van der Waals surface area contributed by atoms with Crippen molar-refractivity contribution in [2.45, 2.75) is 44.8 Å². The molecule has 2 atom stereocenters. The average molecular weight is 566 g/mol. The smallest absolute Gasteiger partial charge is 0.357 e. The van der Waals surface area contributed by atoms with Crippen LogP contribution in [-0.2, 0) is 41.0 Å². The van der Waals surface area contributed by atoms with Crippen LogP contribution >= 0.6 is 11.3 Å². The number of rotatable bonds is 12. The van der Waals surface area contributed by atoms with Crippen molar-refractivity contribution in [3.8, 4) is 0 Å². The number of carbonyl (C=O) groups is 1. The number of hydrogen-bond donors (Lipinski definition) is 4. The van der Waals surface area contributed by atoms with Gasteiger partial charge >= 0.3 is 10.3 Å². The largest absolute Gasteiger partial charge is 0.392 e. The van der Waals surface area contributed by atoms with E-state index < -0.39 is 22.3 Å². The van der Waals surface area contributed by atoms with Crippen LogP contribution in [-0.4, -0.2) is 29.0 Å². The fourth-order valence-electron chi connectivity index (χ4n) is 4.33. The Morgan fingerprint density at radius 1 is 0.949 bits per heavy atom. The Bertz CT molecular complexity index is 1490. The van der Waals surface area contributed by atoms with Crippen LogP contribution in [0.2, 0.25) is 0 Å². The first-order valence-corrected chi connectivity index (χ1v) is 14.9. The molecule has 0 aliphatic rings. The summed E-state index contributed by atoms with van der Waals surface area (Å²) in [5, 5.41) is 15.7. The Balaban J connectivity index is 1.62. The van der Waals surface area contributed by atoms with Crippen LogP contribution in [0.4, 0.5) is 5.69 Å². The summed E-state index contributed by atoms with van der Waals surface area (Å²) >= 11 is 1.49. The van der Waals surface area contributed by atoms with Crippen LogP contribution in [0.3, 0.4) is 0 Å². The summed E-state index contributed by atoms with van der Waals surface area (Å²) in [6.07, 6.45) is 1.70. The number of aliphatic hydroxyl groups is 1. The maximum Gasteiger partial charge on any atom is 0.357 e. The number of thiazole rings is 1. The van der Waals surface area contributed by atoms with Crippen molar-refractivity contribution in [3.05, 3.63) is 117 Å². The van der Waals surface area contributed by atoms with Crippen LogP contribution in [0.1, 0.15) is 51.8 Å². The molecule has 39 heavy (non-hydrogen) atoms. The third kappa shape index (κ3) is 8.21. The maximum atomic E-state index is 13.9. The molecular formula is C29H31N3O5S2. The Kier molecular flexibility index (Phi) is 9.47. The molecule has 1 aromatic heterocycles. The molecule has 0 spiro atoms. The quantitative estimate of drug-likeness (QED) is 0.182. The number of aliphatic hydroxyl groups excluding tert-OH is 1. The topological polar surface area (TPSA) is 129 Å². The number of anilines is 1. The molecule has 3 aromatic carbocycles. The van der Waals surface area contributed by atoms with Gasteiger partial charge in [-0.05, 0) is 53.6 Å². The SMILES string of the molecule is CCc1csc([C@H](Cc2ccc(NS(=O)(=O)O)cc2)NC(=O)C(Cc2ccccc2)c2cccc(CO)c2)n1. The lowest BCUT2D eigenvalue weighted by Crippen LogP contribution is -2.35. The molecule has 10 heteroatoms. The van der Waals surface area contributed by atoms with Gasteiger partial charge in [-0.2, -0.15) is 8.42 Å². The van der Waals surface area contributed by atoms with E-state index in [0.717, 1.165) is 39.4 Å². The predicted octanol–water partition coefficient (Wildman–Crippen LogP) is 4.84. The zero-order chi connectivity index (χ0) is 27.8. The first-order valence-electron chi connectivity index (χ1n) is 12.6. The van der Waals surface area contributed by atoms with Gasteiger partial charge in [0.15, 0.2) is 0 Å². The van der Waals surface area contributed by atoms with Crippen molar-refractivity contribution in [1.82, 2.24) is 10.3 Å². The number of benzene rings is 3. The molecule has 4 aromatic rings. The van der Waals surface area contributed by atoms with Crippen LogP contribution in [0, 0.1) is 0 Å². The van der Waals surface area contributed by atoms with E-state index in [1.807, 2.05) is 71.6 Å². The molecule has 1 heterocycles. The highest BCUT2D eigenvalue weighted by Gasteiger charge is 2.26. The lowest BCUT2D eigenvalue weighted by Gasteiger charge is -2.23. The molecule has 4 N–H and O–H groups in total. The molecule has 1 unspecified atom stereocenters. The summed E-state index contributed by atoms with van der Waals surface area (Å²) in [7, 11) is -4.37. The Hall–Kier alpha value is -3.57. The molecule has 0 fully saturated rings. The monoisotopic (exact) mass is 565 g/mol. The third-order valence-corrected chi connectivity index (χ3v) is 7.82. The van der Waals surface area contributed by atoms with Crippen LogP contribution < -0.4 is 10.0 Å². The van der Waals surface area contributed by atoms with E-state index in [0.29, 0.717) is 12.8 Å². The molecule has 4 rings (SSSR count). The molecular weight excluding hydrogens is 534 g/mol. The molecule has 8 nitrogen and oxygen atoms in total. The van der Waals surface area contributed by atoms with E-state index >= 15 is 0 Å². The number of nitrogens with zero attached hydrogens (tertiary/aromatic N) is 1. The van der Waals surface area contributed by atoms with Crippen molar-refractivity contribution in [3.63, 3.8) is 0 Å². The van der Waals surface area contributed by atoms with E-state index in [2.05, 4.69) is 5.32 Å². The molecule has 1 amide bonds. The molecule has 0 aliphatic heterocycles. The maximum absolute atomic E-state index is 13.9. The molecule has 0 radical (unpaired) electrons. The number of carbonyl (C=O) groups excluding carboxylic acids is 1. The van der Waals surface area contributed by atoms with Crippen molar-refractivity contribution in [2.75, 3.05) is 4.72 Å². The summed E-state index contributed by atoms with van der Waals surface area (Å²) in [6.45, 7) is 1.91. The van der Waals surface area contributed by atoms with Gasteiger partial charge in [0.05, 0.1) is 29.9 Å². The summed E-state index contributed by atoms with van der Waals surface area (Å²) in [5.74, 6) is -0.648. The summed E-state index contributed by atoms with van der Waals surface area (Å²) in [6, 6.07) is 23.4. The number of hydrogen-bond acceptors (Lipinski definition) is 6. The van der Waals surface area contributed by atoms with Crippen molar-refractivity contribution in [1.29, 1.82) is 0 Å². The lowest BCUT2D eigenvalue weighted by molar-refractivity contribution is -0.123. The molecule has 0 saturated carbocycles. The number of aryl methyl sites for hydroxylation is 1. The lowest BCUT2D eigenvalue weighted by atomic mass is 9.89. The number of aromatic nitrogens is 1. The second kappa shape index (κ2) is 13.0. The van der Waals surface area contributed by atoms with Gasteiger partial charge in [0.25, 0.3) is 0 Å². The van der Waals surface area contributed by atoms with Gasteiger partial charge in [-0.3, -0.25) is 14.1 Å². The third-order valence-electron chi connectivity index (χ3n) is 6.32. The molecule has 0 bridgehead atoms. The van der Waals surface area contributed by atoms with Gasteiger partial charge in [0, 0.05) is 5.38 Å². The van der Waals surface area contributed by atoms with Gasteiger partial charge in [-0.1, -0.05) is 73.7 Å². The fraction of sp³-hybridized carbons (Fsp3) is 0.241.